The number of benzene rings is 1. The number of carbonyl (C=O) groups excluding carboxylic acids is 2. The molecule has 7 heteroatoms. The lowest BCUT2D eigenvalue weighted by atomic mass is 10.2. The zero-order chi connectivity index (χ0) is 17.5. The van der Waals surface area contributed by atoms with Crippen molar-refractivity contribution in [3.05, 3.63) is 24.3 Å². The third-order valence-electron chi connectivity index (χ3n) is 3.82. The van der Waals surface area contributed by atoms with Gasteiger partial charge in [-0.05, 0) is 26.0 Å². The van der Waals surface area contributed by atoms with Gasteiger partial charge in [0.1, 0.15) is 11.5 Å². The molecule has 7 nitrogen and oxygen atoms in total. The fraction of sp³-hybridized carbons (Fsp3) is 0.529. The first-order chi connectivity index (χ1) is 11.5. The van der Waals surface area contributed by atoms with Crippen molar-refractivity contribution in [3.8, 4) is 11.5 Å². The predicted molar refractivity (Wildman–Crippen MR) is 88.3 cm³/mol. The van der Waals surface area contributed by atoms with Crippen LogP contribution in [-0.2, 0) is 9.53 Å². The summed E-state index contributed by atoms with van der Waals surface area (Å²) >= 11 is 0. The molecule has 0 saturated carbocycles. The minimum Gasteiger partial charge on any atom is -0.497 e. The van der Waals surface area contributed by atoms with Crippen molar-refractivity contribution in [1.82, 2.24) is 9.80 Å². The highest BCUT2D eigenvalue weighted by Gasteiger charge is 2.28. The topological polar surface area (TPSA) is 68.3 Å². The van der Waals surface area contributed by atoms with Gasteiger partial charge in [0, 0.05) is 32.2 Å². The Hall–Kier alpha value is -2.44. The first-order valence-electron chi connectivity index (χ1n) is 8.06. The summed E-state index contributed by atoms with van der Waals surface area (Å²) in [6.07, 6.45) is -0.934. The van der Waals surface area contributed by atoms with E-state index in [1.54, 1.807) is 42.9 Å². The first kappa shape index (κ1) is 17.9. The second-order valence-corrected chi connectivity index (χ2v) is 5.45. The second-order valence-electron chi connectivity index (χ2n) is 5.45. The van der Waals surface area contributed by atoms with Crippen LogP contribution in [0.2, 0.25) is 0 Å². The fourth-order valence-corrected chi connectivity index (χ4v) is 2.51. The SMILES string of the molecule is CCOC(=O)N1CCN(C(=O)C(C)Oc2cccc(OC)c2)CC1. The number of hydrogen-bond acceptors (Lipinski definition) is 5. The molecule has 24 heavy (non-hydrogen) atoms. The van der Waals surface area contributed by atoms with E-state index in [1.807, 2.05) is 12.1 Å². The van der Waals surface area contributed by atoms with Crippen LogP contribution in [0.3, 0.4) is 0 Å². The maximum Gasteiger partial charge on any atom is 0.409 e. The van der Waals surface area contributed by atoms with Crippen molar-refractivity contribution < 1.29 is 23.8 Å². The minimum absolute atomic E-state index is 0.0960. The molecule has 0 aliphatic carbocycles. The second kappa shape index (κ2) is 8.42. The van der Waals surface area contributed by atoms with Gasteiger partial charge >= 0.3 is 6.09 Å². The molecule has 1 aliphatic rings. The molecule has 1 saturated heterocycles. The highest BCUT2D eigenvalue weighted by Crippen LogP contribution is 2.20. The van der Waals surface area contributed by atoms with Crippen LogP contribution in [0.4, 0.5) is 4.79 Å². The van der Waals surface area contributed by atoms with E-state index in [0.717, 1.165) is 0 Å². The molecule has 0 aromatic heterocycles. The van der Waals surface area contributed by atoms with Crippen molar-refractivity contribution >= 4 is 12.0 Å². The molecular weight excluding hydrogens is 312 g/mol. The molecule has 2 amide bonds. The molecule has 0 N–H and O–H groups in total. The van der Waals surface area contributed by atoms with Gasteiger partial charge in [-0.3, -0.25) is 4.79 Å². The van der Waals surface area contributed by atoms with Crippen LogP contribution in [0.15, 0.2) is 24.3 Å². The van der Waals surface area contributed by atoms with E-state index in [1.165, 1.54) is 0 Å². The maximum atomic E-state index is 12.5. The van der Waals surface area contributed by atoms with Crippen molar-refractivity contribution in [2.24, 2.45) is 0 Å². The summed E-state index contributed by atoms with van der Waals surface area (Å²) in [5.74, 6) is 1.16. The van der Waals surface area contributed by atoms with Gasteiger partial charge in [0.05, 0.1) is 13.7 Å². The van der Waals surface area contributed by atoms with Crippen molar-refractivity contribution in [1.29, 1.82) is 0 Å². The highest BCUT2D eigenvalue weighted by molar-refractivity contribution is 5.81. The number of methoxy groups -OCH3 is 1. The standard InChI is InChI=1S/C17H24N2O5/c1-4-23-17(21)19-10-8-18(9-11-19)16(20)13(2)24-15-7-5-6-14(12-15)22-3/h5-7,12-13H,4,8-11H2,1-3H3. The van der Waals surface area contributed by atoms with E-state index < -0.39 is 6.10 Å². The van der Waals surface area contributed by atoms with E-state index in [9.17, 15) is 9.59 Å². The van der Waals surface area contributed by atoms with Gasteiger partial charge in [-0.2, -0.15) is 0 Å². The molecule has 1 atom stereocenters. The summed E-state index contributed by atoms with van der Waals surface area (Å²) in [7, 11) is 1.58. The van der Waals surface area contributed by atoms with Gasteiger partial charge in [-0.1, -0.05) is 6.07 Å². The van der Waals surface area contributed by atoms with E-state index in [2.05, 4.69) is 0 Å². The van der Waals surface area contributed by atoms with E-state index >= 15 is 0 Å². The summed E-state index contributed by atoms with van der Waals surface area (Å²) in [4.78, 5) is 27.5. The maximum absolute atomic E-state index is 12.5. The average molecular weight is 336 g/mol. The van der Waals surface area contributed by atoms with Crippen LogP contribution >= 0.6 is 0 Å². The van der Waals surface area contributed by atoms with Gasteiger partial charge < -0.3 is 24.0 Å². The van der Waals surface area contributed by atoms with Crippen LogP contribution in [0, 0.1) is 0 Å². The molecule has 0 spiro atoms. The lowest BCUT2D eigenvalue weighted by molar-refractivity contribution is -0.139. The van der Waals surface area contributed by atoms with Crippen LogP contribution in [0.1, 0.15) is 13.8 Å². The molecule has 0 bridgehead atoms. The molecule has 132 valence electrons. The monoisotopic (exact) mass is 336 g/mol. The van der Waals surface area contributed by atoms with Crippen LogP contribution < -0.4 is 9.47 Å². The van der Waals surface area contributed by atoms with Crippen molar-refractivity contribution in [3.63, 3.8) is 0 Å². The minimum atomic E-state index is -0.605. The molecule has 1 aromatic carbocycles. The van der Waals surface area contributed by atoms with E-state index in [4.69, 9.17) is 14.2 Å². The molecule has 1 aliphatic heterocycles. The zero-order valence-corrected chi connectivity index (χ0v) is 14.4. The summed E-state index contributed by atoms with van der Waals surface area (Å²) in [6.45, 7) is 5.73. The quantitative estimate of drug-likeness (QED) is 0.820. The molecule has 1 heterocycles. The third kappa shape index (κ3) is 4.53. The van der Waals surface area contributed by atoms with Crippen molar-refractivity contribution in [2.45, 2.75) is 20.0 Å². The average Bonchev–Trinajstić information content (AvgIpc) is 2.61. The Morgan fingerprint density at radius 2 is 1.75 bits per heavy atom. The number of amides is 2. The molecular formula is C17H24N2O5. The van der Waals surface area contributed by atoms with E-state index in [-0.39, 0.29) is 12.0 Å². The molecule has 0 radical (unpaired) electrons. The number of ether oxygens (including phenoxy) is 3. The number of rotatable bonds is 5. The van der Waals surface area contributed by atoms with Crippen LogP contribution in [0.5, 0.6) is 11.5 Å². The Kier molecular flexibility index (Phi) is 6.28. The Bertz CT molecular complexity index is 570. The van der Waals surface area contributed by atoms with Crippen LogP contribution in [0.25, 0.3) is 0 Å². The van der Waals surface area contributed by atoms with Crippen molar-refractivity contribution in [2.75, 3.05) is 39.9 Å². The Labute approximate surface area is 142 Å². The van der Waals surface area contributed by atoms with Gasteiger partial charge in [-0.15, -0.1) is 0 Å². The molecule has 1 fully saturated rings. The fourth-order valence-electron chi connectivity index (χ4n) is 2.51. The normalized spacial score (nSPS) is 15.6. The number of hydrogen-bond donors (Lipinski definition) is 0. The Morgan fingerprint density at radius 3 is 2.38 bits per heavy atom. The number of nitrogens with zero attached hydrogens (tertiary/aromatic N) is 2. The highest BCUT2D eigenvalue weighted by atomic mass is 16.6. The smallest absolute Gasteiger partial charge is 0.409 e. The number of carbonyl (C=O) groups is 2. The lowest BCUT2D eigenvalue weighted by Gasteiger charge is -2.35. The summed E-state index contributed by atoms with van der Waals surface area (Å²) in [6, 6.07) is 7.14. The summed E-state index contributed by atoms with van der Waals surface area (Å²) < 4.78 is 15.8. The van der Waals surface area contributed by atoms with Gasteiger partial charge in [0.25, 0.3) is 5.91 Å². The first-order valence-corrected chi connectivity index (χ1v) is 8.06. The predicted octanol–water partition coefficient (Wildman–Crippen LogP) is 1.76. The Morgan fingerprint density at radius 1 is 1.12 bits per heavy atom. The zero-order valence-electron chi connectivity index (χ0n) is 14.4. The van der Waals surface area contributed by atoms with Gasteiger partial charge in [-0.25, -0.2) is 4.79 Å². The lowest BCUT2D eigenvalue weighted by Crippen LogP contribution is -2.53. The van der Waals surface area contributed by atoms with Gasteiger partial charge in [0.15, 0.2) is 6.10 Å². The summed E-state index contributed by atoms with van der Waals surface area (Å²) in [5, 5.41) is 0. The largest absolute Gasteiger partial charge is 0.497 e. The summed E-state index contributed by atoms with van der Waals surface area (Å²) in [5.41, 5.74) is 0. The van der Waals surface area contributed by atoms with E-state index in [0.29, 0.717) is 44.3 Å². The Balaban J connectivity index is 1.86. The number of piperazine rings is 1. The molecule has 1 aromatic rings. The molecule has 1 unspecified atom stereocenters. The molecule has 2 rings (SSSR count). The third-order valence-corrected chi connectivity index (χ3v) is 3.82. The van der Waals surface area contributed by atoms with Gasteiger partial charge in [0.2, 0.25) is 0 Å². The van der Waals surface area contributed by atoms with Crippen LogP contribution in [-0.4, -0.2) is 67.8 Å².